The zero-order valence-corrected chi connectivity index (χ0v) is 10.9. The van der Waals surface area contributed by atoms with Crippen LogP contribution in [0.5, 0.6) is 0 Å². The zero-order valence-electron chi connectivity index (χ0n) is 8.47. The van der Waals surface area contributed by atoms with Crippen LogP contribution < -0.4 is 0 Å². The lowest BCUT2D eigenvalue weighted by atomic mass is 10.3. The molecule has 1 aliphatic rings. The first kappa shape index (κ1) is 11.8. The van der Waals surface area contributed by atoms with Crippen molar-refractivity contribution in [2.45, 2.75) is 23.8 Å². The van der Waals surface area contributed by atoms with Crippen molar-refractivity contribution in [1.82, 2.24) is 0 Å². The highest BCUT2D eigenvalue weighted by atomic mass is 79.9. The molecule has 1 unspecified atom stereocenters. The molecule has 0 bridgehead atoms. The molecule has 0 fully saturated rings. The summed E-state index contributed by atoms with van der Waals surface area (Å²) in [6.45, 7) is 0. The van der Waals surface area contributed by atoms with Gasteiger partial charge in [0.1, 0.15) is 0 Å². The van der Waals surface area contributed by atoms with E-state index in [1.807, 2.05) is 6.08 Å². The number of allylic oxidation sites excluding steroid dienone is 1. The molecule has 0 heterocycles. The summed E-state index contributed by atoms with van der Waals surface area (Å²) in [5.41, 5.74) is 0. The van der Waals surface area contributed by atoms with Gasteiger partial charge in [-0.05, 0) is 37.1 Å². The number of hydrogen-bond donors (Lipinski definition) is 0. The van der Waals surface area contributed by atoms with Gasteiger partial charge in [-0.3, -0.25) is 4.18 Å². The van der Waals surface area contributed by atoms with E-state index in [1.54, 1.807) is 18.2 Å². The summed E-state index contributed by atoms with van der Waals surface area (Å²) in [6, 6.07) is 6.41. The minimum Gasteiger partial charge on any atom is -0.259 e. The van der Waals surface area contributed by atoms with Crippen LogP contribution in [0.2, 0.25) is 0 Å². The van der Waals surface area contributed by atoms with Gasteiger partial charge in [-0.15, -0.1) is 0 Å². The lowest BCUT2D eigenvalue weighted by Gasteiger charge is -2.10. The third kappa shape index (κ3) is 2.72. The van der Waals surface area contributed by atoms with E-state index in [9.17, 15) is 8.42 Å². The van der Waals surface area contributed by atoms with E-state index in [-0.39, 0.29) is 11.0 Å². The van der Waals surface area contributed by atoms with Crippen molar-refractivity contribution in [2.75, 3.05) is 0 Å². The minimum absolute atomic E-state index is 0.191. The average molecular weight is 303 g/mol. The van der Waals surface area contributed by atoms with E-state index in [4.69, 9.17) is 4.18 Å². The van der Waals surface area contributed by atoms with Crippen molar-refractivity contribution in [1.29, 1.82) is 0 Å². The van der Waals surface area contributed by atoms with E-state index in [1.165, 1.54) is 12.1 Å². The fourth-order valence-corrected chi connectivity index (χ4v) is 2.84. The van der Waals surface area contributed by atoms with Gasteiger partial charge in [0, 0.05) is 4.47 Å². The molecule has 0 aromatic heterocycles. The van der Waals surface area contributed by atoms with Gasteiger partial charge in [0.05, 0.1) is 11.0 Å². The number of hydrogen-bond acceptors (Lipinski definition) is 3. The smallest absolute Gasteiger partial charge is 0.259 e. The molecule has 0 N–H and O–H groups in total. The molecule has 1 aromatic carbocycles. The molecule has 1 aliphatic carbocycles. The van der Waals surface area contributed by atoms with Gasteiger partial charge in [0.15, 0.2) is 0 Å². The number of benzene rings is 1. The summed E-state index contributed by atoms with van der Waals surface area (Å²) < 4.78 is 29.6. The maximum atomic E-state index is 11.8. The fourth-order valence-electron chi connectivity index (χ4n) is 1.50. The molecule has 86 valence electrons. The Kier molecular flexibility index (Phi) is 3.47. The first-order valence-electron chi connectivity index (χ1n) is 4.93. The van der Waals surface area contributed by atoms with Crippen molar-refractivity contribution in [3.05, 3.63) is 40.9 Å². The largest absolute Gasteiger partial charge is 0.297 e. The van der Waals surface area contributed by atoms with Crippen molar-refractivity contribution in [2.24, 2.45) is 0 Å². The summed E-state index contributed by atoms with van der Waals surface area (Å²) in [4.78, 5) is 0.191. The van der Waals surface area contributed by atoms with Gasteiger partial charge in [0.2, 0.25) is 0 Å². The summed E-state index contributed by atoms with van der Waals surface area (Å²) in [5.74, 6) is 0. The number of rotatable bonds is 3. The molecule has 0 radical (unpaired) electrons. The van der Waals surface area contributed by atoms with Crippen LogP contribution in [-0.2, 0) is 14.3 Å². The number of halogens is 1. The van der Waals surface area contributed by atoms with Crippen LogP contribution in [0.1, 0.15) is 12.8 Å². The van der Waals surface area contributed by atoms with Crippen LogP contribution in [0.25, 0.3) is 0 Å². The predicted molar refractivity (Wildman–Crippen MR) is 64.6 cm³/mol. The SMILES string of the molecule is O=S(=O)(OC1C=CCC1)c1ccc(Br)cc1. The van der Waals surface area contributed by atoms with Crippen molar-refractivity contribution in [3.8, 4) is 0 Å². The summed E-state index contributed by atoms with van der Waals surface area (Å²) in [7, 11) is -3.63. The molecular weight excluding hydrogens is 292 g/mol. The van der Waals surface area contributed by atoms with E-state index in [0.29, 0.717) is 0 Å². The Morgan fingerprint density at radius 2 is 1.94 bits per heavy atom. The predicted octanol–water partition coefficient (Wildman–Crippen LogP) is 2.87. The quantitative estimate of drug-likeness (QED) is 0.637. The van der Waals surface area contributed by atoms with Gasteiger partial charge in [-0.2, -0.15) is 8.42 Å². The molecule has 5 heteroatoms. The monoisotopic (exact) mass is 302 g/mol. The Morgan fingerprint density at radius 1 is 1.25 bits per heavy atom. The van der Waals surface area contributed by atoms with E-state index in [0.717, 1.165) is 17.3 Å². The van der Waals surface area contributed by atoms with Gasteiger partial charge < -0.3 is 0 Å². The highest BCUT2D eigenvalue weighted by molar-refractivity contribution is 9.10. The summed E-state index contributed by atoms with van der Waals surface area (Å²) in [5, 5.41) is 0. The highest BCUT2D eigenvalue weighted by Crippen LogP contribution is 2.21. The van der Waals surface area contributed by atoms with Crippen LogP contribution in [0.3, 0.4) is 0 Å². The molecule has 0 spiro atoms. The molecule has 0 saturated carbocycles. The lowest BCUT2D eigenvalue weighted by molar-refractivity contribution is 0.255. The first-order chi connectivity index (χ1) is 7.58. The molecule has 1 aromatic rings. The second-order valence-corrected chi connectivity index (χ2v) is 6.04. The summed E-state index contributed by atoms with van der Waals surface area (Å²) in [6.07, 6.45) is 5.02. The molecule has 0 amide bonds. The van der Waals surface area contributed by atoms with Crippen LogP contribution in [-0.4, -0.2) is 14.5 Å². The van der Waals surface area contributed by atoms with Gasteiger partial charge in [0.25, 0.3) is 10.1 Å². The van der Waals surface area contributed by atoms with Crippen LogP contribution in [0, 0.1) is 0 Å². The Bertz CT molecular complexity index is 490. The normalized spacial score (nSPS) is 20.2. The standard InChI is InChI=1S/C11H11BrO3S/c12-9-5-7-11(8-6-9)16(13,14)15-10-3-1-2-4-10/h1,3,5-8,10H,2,4H2. The van der Waals surface area contributed by atoms with Gasteiger partial charge >= 0.3 is 0 Å². The maximum absolute atomic E-state index is 11.8. The Morgan fingerprint density at radius 3 is 2.50 bits per heavy atom. The zero-order chi connectivity index (χ0) is 11.6. The summed E-state index contributed by atoms with van der Waals surface area (Å²) >= 11 is 3.25. The average Bonchev–Trinajstić information content (AvgIpc) is 2.70. The topological polar surface area (TPSA) is 43.4 Å². The van der Waals surface area contributed by atoms with E-state index >= 15 is 0 Å². The highest BCUT2D eigenvalue weighted by Gasteiger charge is 2.21. The molecule has 3 nitrogen and oxygen atoms in total. The van der Waals surface area contributed by atoms with E-state index in [2.05, 4.69) is 15.9 Å². The Balaban J connectivity index is 2.18. The van der Waals surface area contributed by atoms with Crippen molar-refractivity contribution in [3.63, 3.8) is 0 Å². The van der Waals surface area contributed by atoms with Gasteiger partial charge in [-0.1, -0.05) is 28.1 Å². The molecule has 0 aliphatic heterocycles. The third-order valence-corrected chi connectivity index (χ3v) is 4.20. The third-order valence-electron chi connectivity index (χ3n) is 2.32. The fraction of sp³-hybridized carbons (Fsp3) is 0.273. The molecular formula is C11H11BrO3S. The maximum Gasteiger partial charge on any atom is 0.297 e. The Labute approximate surface area is 103 Å². The molecule has 2 rings (SSSR count). The lowest BCUT2D eigenvalue weighted by Crippen LogP contribution is -2.14. The van der Waals surface area contributed by atoms with Crippen LogP contribution in [0.4, 0.5) is 0 Å². The second kappa shape index (κ2) is 4.69. The molecule has 0 saturated heterocycles. The van der Waals surface area contributed by atoms with Crippen molar-refractivity contribution < 1.29 is 12.6 Å². The van der Waals surface area contributed by atoms with Crippen LogP contribution >= 0.6 is 15.9 Å². The van der Waals surface area contributed by atoms with Crippen LogP contribution in [0.15, 0.2) is 45.8 Å². The second-order valence-electron chi connectivity index (χ2n) is 3.55. The molecule has 1 atom stereocenters. The van der Waals surface area contributed by atoms with Crippen molar-refractivity contribution >= 4 is 26.0 Å². The molecule has 16 heavy (non-hydrogen) atoms. The van der Waals surface area contributed by atoms with E-state index < -0.39 is 10.1 Å². The first-order valence-corrected chi connectivity index (χ1v) is 7.13. The van der Waals surface area contributed by atoms with Gasteiger partial charge in [-0.25, -0.2) is 0 Å². The Hall–Kier alpha value is -0.650. The minimum atomic E-state index is -3.63.